The van der Waals surface area contributed by atoms with E-state index in [-0.39, 0.29) is 11.5 Å². The second-order valence-electron chi connectivity index (χ2n) is 6.70. The fourth-order valence-electron chi connectivity index (χ4n) is 3.03. The molecule has 0 aromatic heterocycles. The van der Waals surface area contributed by atoms with Gasteiger partial charge in [0.1, 0.15) is 11.5 Å². The lowest BCUT2D eigenvalue weighted by atomic mass is 10.1. The Labute approximate surface area is 176 Å². The van der Waals surface area contributed by atoms with Gasteiger partial charge in [-0.2, -0.15) is 0 Å². The van der Waals surface area contributed by atoms with Gasteiger partial charge in [-0.25, -0.2) is 0 Å². The highest BCUT2D eigenvalue weighted by atomic mass is 16.3. The number of phenols is 2. The minimum Gasteiger partial charge on any atom is -0.507 e. The van der Waals surface area contributed by atoms with Crippen molar-refractivity contribution in [2.45, 2.75) is 12.8 Å². The van der Waals surface area contributed by atoms with Crippen LogP contribution in [0.4, 0.5) is 11.4 Å². The number of phenolic OH excluding ortho intramolecular Hbond substituents is 2. The Kier molecular flexibility index (Phi) is 6.95. The van der Waals surface area contributed by atoms with Crippen LogP contribution in [-0.4, -0.2) is 22.6 Å². The van der Waals surface area contributed by atoms with Gasteiger partial charge in [0.25, 0.3) is 0 Å². The average Bonchev–Trinajstić information content (AvgIpc) is 2.76. The third kappa shape index (κ3) is 4.92. The minimum absolute atomic E-state index is 0.200. The van der Waals surface area contributed by atoms with Crippen LogP contribution in [0.3, 0.4) is 0 Å². The zero-order valence-corrected chi connectivity index (χ0v) is 16.7. The molecule has 0 radical (unpaired) electrons. The molecule has 3 aromatic carbocycles. The average molecular weight is 396 g/mol. The van der Waals surface area contributed by atoms with E-state index in [1.807, 2.05) is 48.5 Å². The second-order valence-corrected chi connectivity index (χ2v) is 6.70. The third-order valence-corrected chi connectivity index (χ3v) is 4.60. The molecule has 3 aromatic rings. The molecule has 0 saturated heterocycles. The van der Waals surface area contributed by atoms with Crippen LogP contribution in [0, 0.1) is 0 Å². The van der Waals surface area contributed by atoms with E-state index in [0.29, 0.717) is 35.3 Å². The summed E-state index contributed by atoms with van der Waals surface area (Å²) in [5.41, 5.74) is 4.17. The number of hydrogen-bond donors (Lipinski definition) is 2. The predicted octanol–water partition coefficient (Wildman–Crippen LogP) is 6.06. The number of hydrogen-bond acceptors (Lipinski definition) is 4. The number of benzene rings is 3. The van der Waals surface area contributed by atoms with E-state index in [1.54, 1.807) is 36.7 Å². The van der Waals surface area contributed by atoms with Crippen LogP contribution in [0.2, 0.25) is 0 Å². The van der Waals surface area contributed by atoms with Gasteiger partial charge in [-0.15, -0.1) is 13.2 Å². The molecular weight excluding hydrogens is 372 g/mol. The Morgan fingerprint density at radius 1 is 0.633 bits per heavy atom. The van der Waals surface area contributed by atoms with E-state index >= 15 is 0 Å². The number of nitrogens with zero attached hydrogens (tertiary/aromatic N) is 2. The van der Waals surface area contributed by atoms with Crippen LogP contribution in [0.1, 0.15) is 22.3 Å². The van der Waals surface area contributed by atoms with E-state index < -0.39 is 0 Å². The predicted molar refractivity (Wildman–Crippen MR) is 125 cm³/mol. The van der Waals surface area contributed by atoms with Gasteiger partial charge in [0.05, 0.1) is 11.4 Å². The third-order valence-electron chi connectivity index (χ3n) is 4.60. The lowest BCUT2D eigenvalue weighted by Crippen LogP contribution is -1.89. The normalized spacial score (nSPS) is 11.2. The minimum atomic E-state index is 0.200. The summed E-state index contributed by atoms with van der Waals surface area (Å²) in [4.78, 5) is 9.04. The molecule has 0 bridgehead atoms. The van der Waals surface area contributed by atoms with Gasteiger partial charge in [-0.3, -0.25) is 9.98 Å². The van der Waals surface area contributed by atoms with Crippen molar-refractivity contribution in [1.82, 2.24) is 0 Å². The lowest BCUT2D eigenvalue weighted by Gasteiger charge is -2.06. The summed E-state index contributed by atoms with van der Waals surface area (Å²) in [6, 6.07) is 18.5. The SMILES string of the molecule is C=CCc1cccc(C=Nc2ccccc2N=Cc2cccc(CC=C)c2O)c1O. The van der Waals surface area contributed by atoms with Gasteiger partial charge in [-0.1, -0.05) is 48.6 Å². The number of allylic oxidation sites excluding steroid dienone is 2. The highest BCUT2D eigenvalue weighted by Crippen LogP contribution is 2.29. The van der Waals surface area contributed by atoms with Crippen molar-refractivity contribution in [1.29, 1.82) is 0 Å². The van der Waals surface area contributed by atoms with Crippen LogP contribution in [0.5, 0.6) is 11.5 Å². The molecule has 0 aliphatic rings. The Balaban J connectivity index is 1.89. The molecule has 0 aliphatic carbocycles. The van der Waals surface area contributed by atoms with Crippen LogP contribution in [0.25, 0.3) is 0 Å². The van der Waals surface area contributed by atoms with E-state index in [0.717, 1.165) is 11.1 Å². The summed E-state index contributed by atoms with van der Waals surface area (Å²) in [5.74, 6) is 0.400. The van der Waals surface area contributed by atoms with Crippen LogP contribution in [0.15, 0.2) is 96.0 Å². The van der Waals surface area contributed by atoms with Crippen molar-refractivity contribution in [3.63, 3.8) is 0 Å². The van der Waals surface area contributed by atoms with E-state index in [4.69, 9.17) is 0 Å². The molecule has 0 aliphatic heterocycles. The highest BCUT2D eigenvalue weighted by molar-refractivity contribution is 5.90. The molecule has 0 unspecified atom stereocenters. The molecule has 30 heavy (non-hydrogen) atoms. The molecule has 0 heterocycles. The molecule has 4 nitrogen and oxygen atoms in total. The van der Waals surface area contributed by atoms with Crippen molar-refractivity contribution in [2.24, 2.45) is 9.98 Å². The monoisotopic (exact) mass is 396 g/mol. The van der Waals surface area contributed by atoms with Crippen molar-refractivity contribution >= 4 is 23.8 Å². The second kappa shape index (κ2) is 10.0. The first-order valence-electron chi connectivity index (χ1n) is 9.64. The summed E-state index contributed by atoms with van der Waals surface area (Å²) in [5, 5.41) is 20.8. The highest BCUT2D eigenvalue weighted by Gasteiger charge is 2.06. The summed E-state index contributed by atoms with van der Waals surface area (Å²) in [6.07, 6.45) is 7.92. The molecule has 4 heteroatoms. The van der Waals surface area contributed by atoms with E-state index in [9.17, 15) is 10.2 Å². The van der Waals surface area contributed by atoms with E-state index in [1.165, 1.54) is 0 Å². The Bertz CT molecular complexity index is 1030. The smallest absolute Gasteiger partial charge is 0.127 e. The molecular formula is C26H24N2O2. The number of aromatic hydroxyl groups is 2. The zero-order valence-electron chi connectivity index (χ0n) is 16.7. The largest absolute Gasteiger partial charge is 0.507 e. The molecule has 0 atom stereocenters. The van der Waals surface area contributed by atoms with Gasteiger partial charge in [0.2, 0.25) is 0 Å². The Morgan fingerprint density at radius 3 is 1.47 bits per heavy atom. The van der Waals surface area contributed by atoms with E-state index in [2.05, 4.69) is 23.1 Å². The molecule has 2 N–H and O–H groups in total. The Hall–Kier alpha value is -3.92. The summed E-state index contributed by atoms with van der Waals surface area (Å²) in [6.45, 7) is 7.43. The first-order valence-corrected chi connectivity index (χ1v) is 9.64. The van der Waals surface area contributed by atoms with Crippen LogP contribution >= 0.6 is 0 Å². The summed E-state index contributed by atoms with van der Waals surface area (Å²) in [7, 11) is 0. The van der Waals surface area contributed by atoms with Gasteiger partial charge >= 0.3 is 0 Å². The molecule has 0 spiro atoms. The quantitative estimate of drug-likeness (QED) is 0.359. The first-order chi connectivity index (χ1) is 14.6. The maximum Gasteiger partial charge on any atom is 0.127 e. The fourth-order valence-corrected chi connectivity index (χ4v) is 3.03. The maximum absolute atomic E-state index is 10.4. The summed E-state index contributed by atoms with van der Waals surface area (Å²) < 4.78 is 0. The van der Waals surface area contributed by atoms with Crippen LogP contribution in [-0.2, 0) is 12.8 Å². The zero-order chi connectivity index (χ0) is 21.3. The van der Waals surface area contributed by atoms with Crippen LogP contribution < -0.4 is 0 Å². The number of para-hydroxylation sites is 4. The Morgan fingerprint density at radius 2 is 1.07 bits per heavy atom. The first kappa shape index (κ1) is 20.8. The molecule has 0 saturated carbocycles. The van der Waals surface area contributed by atoms with Gasteiger partial charge in [0, 0.05) is 23.6 Å². The molecule has 3 rings (SSSR count). The topological polar surface area (TPSA) is 65.2 Å². The molecule has 0 fully saturated rings. The van der Waals surface area contributed by atoms with Crippen molar-refractivity contribution in [3.05, 3.63) is 108 Å². The van der Waals surface area contributed by atoms with Gasteiger partial charge in [0.15, 0.2) is 0 Å². The van der Waals surface area contributed by atoms with Crippen molar-refractivity contribution in [2.75, 3.05) is 0 Å². The molecule has 150 valence electrons. The summed E-state index contributed by atoms with van der Waals surface area (Å²) >= 11 is 0. The van der Waals surface area contributed by atoms with Gasteiger partial charge < -0.3 is 10.2 Å². The fraction of sp³-hybridized carbons (Fsp3) is 0.0769. The maximum atomic E-state index is 10.4. The van der Waals surface area contributed by atoms with Gasteiger partial charge in [-0.05, 0) is 48.2 Å². The standard InChI is InChI=1S/C26H24N2O2/c1-3-9-19-11-7-13-21(25(19)29)17-27-23-15-5-6-16-24(23)28-18-22-14-8-12-20(10-4-2)26(22)30/h3-8,11-18,29-30H,1-2,9-10H2. The van der Waals surface area contributed by atoms with Crippen molar-refractivity contribution < 1.29 is 10.2 Å². The van der Waals surface area contributed by atoms with Crippen molar-refractivity contribution in [3.8, 4) is 11.5 Å². The number of aliphatic imine (C=N–C) groups is 2. The molecule has 0 amide bonds. The lowest BCUT2D eigenvalue weighted by molar-refractivity contribution is 0.468. The number of rotatable bonds is 8.